The molecule has 0 saturated carbocycles. The van der Waals surface area contributed by atoms with Crippen molar-refractivity contribution in [2.45, 2.75) is 239 Å². The SMILES string of the molecule is CCCCCCCCC(NC(=O)[C@@H]1CCCN1C(=O)c1coc(C)n1)C(=O)NC(CC(C)C)C(=O)NC(C)(C)C(=O)NC(CC(C)C)C(=O)NC(CC(C)C)C(=O)NC(C)(C)C(=O)NC(C)(C)C(=O)NCCC(=O)N1CC2(CCN2C)C1. The van der Waals surface area contributed by atoms with E-state index in [4.69, 9.17) is 4.42 Å². The number of aryl methyl sites for hydroxylation is 1. The highest BCUT2D eigenvalue weighted by Crippen LogP contribution is 2.37. The summed E-state index contributed by atoms with van der Waals surface area (Å²) in [6.45, 7) is 26.6. The zero-order valence-corrected chi connectivity index (χ0v) is 51.9. The summed E-state index contributed by atoms with van der Waals surface area (Å²) in [5.41, 5.74) is -4.48. The Bertz CT molecular complexity index is 2410. The summed E-state index contributed by atoms with van der Waals surface area (Å²) in [5, 5.41) is 22.3. The molecule has 4 rings (SSSR count). The van der Waals surface area contributed by atoms with Gasteiger partial charge in [0, 0.05) is 46.1 Å². The summed E-state index contributed by atoms with van der Waals surface area (Å²) in [5.74, 6) is -5.53. The molecule has 3 aliphatic heterocycles. The quantitative estimate of drug-likeness (QED) is 0.0480. The van der Waals surface area contributed by atoms with Crippen molar-refractivity contribution < 1.29 is 52.4 Å². The first kappa shape index (κ1) is 68.4. The highest BCUT2D eigenvalue weighted by atomic mass is 16.3. The fraction of sp³-hybridized carbons (Fsp3) is 0.780. The van der Waals surface area contributed by atoms with Gasteiger partial charge in [-0.25, -0.2) is 4.98 Å². The Balaban J connectivity index is 1.40. The zero-order valence-electron chi connectivity index (χ0n) is 51.9. The average Bonchev–Trinajstić information content (AvgIpc) is 4.13. The molecule has 5 atom stereocenters. The Morgan fingerprint density at radius 3 is 1.66 bits per heavy atom. The van der Waals surface area contributed by atoms with Gasteiger partial charge in [-0.1, -0.05) is 87.0 Å². The Kier molecular flexibility index (Phi) is 24.9. The molecule has 4 unspecified atom stereocenters. The van der Waals surface area contributed by atoms with Crippen molar-refractivity contribution in [3.63, 3.8) is 0 Å². The van der Waals surface area contributed by atoms with Gasteiger partial charge in [-0.05, 0) is 111 Å². The number of amides is 10. The van der Waals surface area contributed by atoms with Crippen LogP contribution in [0.1, 0.15) is 196 Å². The molecular weight excluding hydrogens is 1050 g/mol. The minimum absolute atomic E-state index is 0.0565. The lowest BCUT2D eigenvalue weighted by atomic mass is 9.78. The lowest BCUT2D eigenvalue weighted by molar-refractivity contribution is -0.156. The molecule has 4 heterocycles. The number of aromatic nitrogens is 1. The van der Waals surface area contributed by atoms with Crippen molar-refractivity contribution in [2.24, 2.45) is 17.8 Å². The molecule has 1 aromatic rings. The summed E-state index contributed by atoms with van der Waals surface area (Å²) in [7, 11) is 2.05. The number of rotatable bonds is 32. The minimum Gasteiger partial charge on any atom is -0.448 e. The number of hydrogen-bond acceptors (Lipinski definition) is 13. The first-order valence-electron chi connectivity index (χ1n) is 29.9. The van der Waals surface area contributed by atoms with Crippen molar-refractivity contribution in [3.8, 4) is 0 Å². The molecule has 0 aromatic carbocycles. The van der Waals surface area contributed by atoms with Crippen LogP contribution in [0.15, 0.2) is 10.7 Å². The maximum Gasteiger partial charge on any atom is 0.276 e. The molecule has 10 amide bonds. The van der Waals surface area contributed by atoms with Crippen LogP contribution in [0.4, 0.5) is 0 Å². The summed E-state index contributed by atoms with van der Waals surface area (Å²) >= 11 is 0. The smallest absolute Gasteiger partial charge is 0.276 e. The van der Waals surface area contributed by atoms with Crippen molar-refractivity contribution in [2.75, 3.05) is 39.8 Å². The first-order chi connectivity index (χ1) is 38.2. The normalized spacial score (nSPS) is 17.7. The van der Waals surface area contributed by atoms with Crippen LogP contribution >= 0.6 is 0 Å². The second kappa shape index (κ2) is 29.9. The van der Waals surface area contributed by atoms with E-state index in [1.807, 2.05) is 41.5 Å². The molecule has 8 N–H and O–H groups in total. The number of likely N-dealkylation sites (N-methyl/N-ethyl adjacent to an activating group) is 1. The lowest BCUT2D eigenvalue weighted by Crippen LogP contribution is -2.76. The van der Waals surface area contributed by atoms with E-state index in [2.05, 4.69) is 66.4 Å². The molecule has 1 aromatic heterocycles. The van der Waals surface area contributed by atoms with E-state index < -0.39 is 100.0 Å². The fourth-order valence-electron chi connectivity index (χ4n) is 10.5. The average molecular weight is 1150 g/mol. The van der Waals surface area contributed by atoms with Crippen molar-refractivity contribution in [1.29, 1.82) is 0 Å². The van der Waals surface area contributed by atoms with Crippen LogP contribution in [-0.4, -0.2) is 171 Å². The van der Waals surface area contributed by atoms with E-state index >= 15 is 0 Å². The number of carbonyl (C=O) groups is 10. The maximum absolute atomic E-state index is 14.3. The van der Waals surface area contributed by atoms with E-state index in [1.54, 1.807) is 11.8 Å². The lowest BCUT2D eigenvalue weighted by Gasteiger charge is -2.61. The molecule has 82 heavy (non-hydrogen) atoms. The Morgan fingerprint density at radius 1 is 0.646 bits per heavy atom. The van der Waals surface area contributed by atoms with Crippen LogP contribution in [0.3, 0.4) is 0 Å². The summed E-state index contributed by atoms with van der Waals surface area (Å²) in [4.78, 5) is 148. The molecule has 0 radical (unpaired) electrons. The second-order valence-corrected chi connectivity index (χ2v) is 26.0. The minimum atomic E-state index is -1.64. The van der Waals surface area contributed by atoms with Crippen molar-refractivity contribution >= 4 is 59.1 Å². The van der Waals surface area contributed by atoms with Crippen LogP contribution in [0.5, 0.6) is 0 Å². The van der Waals surface area contributed by atoms with Gasteiger partial charge >= 0.3 is 0 Å². The second-order valence-electron chi connectivity index (χ2n) is 26.0. The molecule has 3 fully saturated rings. The van der Waals surface area contributed by atoms with Gasteiger partial charge in [-0.2, -0.15) is 0 Å². The van der Waals surface area contributed by atoms with Gasteiger partial charge in [0.1, 0.15) is 53.1 Å². The molecule has 23 heteroatoms. The monoisotopic (exact) mass is 1150 g/mol. The number of carbonyl (C=O) groups excluding carboxylic acids is 10. The zero-order chi connectivity index (χ0) is 61.5. The van der Waals surface area contributed by atoms with Gasteiger partial charge in [0.2, 0.25) is 53.2 Å². The van der Waals surface area contributed by atoms with Crippen LogP contribution in [-0.2, 0) is 43.2 Å². The topological polar surface area (TPSA) is 303 Å². The van der Waals surface area contributed by atoms with E-state index in [9.17, 15) is 47.9 Å². The van der Waals surface area contributed by atoms with Gasteiger partial charge in [-0.15, -0.1) is 0 Å². The number of unbranched alkanes of at least 4 members (excludes halogenated alkanes) is 5. The van der Waals surface area contributed by atoms with Gasteiger partial charge in [0.05, 0.1) is 5.54 Å². The van der Waals surface area contributed by atoms with Gasteiger partial charge in [-0.3, -0.25) is 52.8 Å². The Labute approximate surface area is 486 Å². The predicted molar refractivity (Wildman–Crippen MR) is 310 cm³/mol. The molecule has 3 aliphatic rings. The number of nitrogens with zero attached hydrogens (tertiary/aromatic N) is 4. The molecule has 3 saturated heterocycles. The third-order valence-corrected chi connectivity index (χ3v) is 15.8. The number of oxazole rings is 1. The standard InChI is InChI=1S/C59H100N12O11/c1-16-17-18-19-20-21-23-40(62-51(77)45-24-22-28-71(45)52(78)44-33-82-39(8)61-44)47(73)63-42(31-37(4)5)49(75)66-57(11,12)54(80)65-41(30-36(2)3)48(74)64-43(32-38(6)7)50(76)67-58(13,14)55(81)68-56(9,10)53(79)60-27-25-46(72)70-34-59(35-70)26-29-69(59)15/h33,36-38,40-43,45H,16-32,34-35H2,1-15H3,(H,60,79)(H,62,77)(H,63,73)(H,64,74)(H,65,80)(H,66,75)(H,67,76)(H,68,81)/t40?,41?,42?,43?,45-/m0/s1. The Hall–Kier alpha value is -6.13. The predicted octanol–water partition coefficient (Wildman–Crippen LogP) is 3.52. The largest absolute Gasteiger partial charge is 0.448 e. The van der Waals surface area contributed by atoms with E-state index in [0.717, 1.165) is 45.1 Å². The van der Waals surface area contributed by atoms with E-state index in [1.165, 1.54) is 52.7 Å². The van der Waals surface area contributed by atoms with Crippen LogP contribution in [0.2, 0.25) is 0 Å². The van der Waals surface area contributed by atoms with Crippen LogP contribution in [0.25, 0.3) is 0 Å². The van der Waals surface area contributed by atoms with E-state index in [0.29, 0.717) is 44.8 Å². The van der Waals surface area contributed by atoms with Crippen molar-refractivity contribution in [3.05, 3.63) is 17.8 Å². The fourth-order valence-corrected chi connectivity index (χ4v) is 10.5. The Morgan fingerprint density at radius 2 is 1.16 bits per heavy atom. The molecule has 1 spiro atoms. The highest BCUT2D eigenvalue weighted by Gasteiger charge is 2.53. The molecule has 23 nitrogen and oxygen atoms in total. The molecule has 0 aliphatic carbocycles. The number of nitrogens with one attached hydrogen (secondary N) is 8. The van der Waals surface area contributed by atoms with Crippen LogP contribution in [0, 0.1) is 24.7 Å². The molecule has 462 valence electrons. The number of likely N-dealkylation sites (tertiary alicyclic amines) is 3. The third kappa shape index (κ3) is 19.5. The summed E-state index contributed by atoms with van der Waals surface area (Å²) in [6, 6.07) is -5.35. The third-order valence-electron chi connectivity index (χ3n) is 15.8. The van der Waals surface area contributed by atoms with Gasteiger partial charge in [0.15, 0.2) is 11.6 Å². The highest BCUT2D eigenvalue weighted by molar-refractivity contribution is 6.00. The van der Waals surface area contributed by atoms with Crippen molar-refractivity contribution in [1.82, 2.24) is 62.2 Å². The van der Waals surface area contributed by atoms with Gasteiger partial charge < -0.3 is 56.8 Å². The molecule has 0 bridgehead atoms. The van der Waals surface area contributed by atoms with Gasteiger partial charge in [0.25, 0.3) is 5.91 Å². The van der Waals surface area contributed by atoms with E-state index in [-0.39, 0.29) is 73.5 Å². The molecular formula is C59H100N12O11. The number of hydrogen-bond donors (Lipinski definition) is 8. The first-order valence-corrected chi connectivity index (χ1v) is 29.9. The summed E-state index contributed by atoms with van der Waals surface area (Å²) < 4.78 is 5.25. The maximum atomic E-state index is 14.3. The van der Waals surface area contributed by atoms with Crippen LogP contribution < -0.4 is 42.5 Å². The summed E-state index contributed by atoms with van der Waals surface area (Å²) in [6.07, 6.45) is 9.74.